The largest absolute Gasteiger partial charge is 0.494 e. The van der Waals surface area contributed by atoms with Crippen LogP contribution in [0.5, 0.6) is 5.75 Å². The Morgan fingerprint density at radius 1 is 1.43 bits per heavy atom. The summed E-state index contributed by atoms with van der Waals surface area (Å²) in [7, 11) is 1.47. The smallest absolute Gasteiger partial charge is 0.165 e. The zero-order valence-corrected chi connectivity index (χ0v) is 8.64. The molecule has 1 aromatic carbocycles. The molecule has 0 aliphatic heterocycles. The molecule has 0 aliphatic rings. The van der Waals surface area contributed by atoms with E-state index in [0.717, 1.165) is 25.1 Å². The molecule has 0 heterocycles. The summed E-state index contributed by atoms with van der Waals surface area (Å²) in [5.74, 6) is 0.0127. The maximum absolute atomic E-state index is 13.2. The molecule has 0 fully saturated rings. The second-order valence-electron chi connectivity index (χ2n) is 3.07. The number of likely N-dealkylation sites (N-methyl/N-ethyl adjacent to an activating group) is 1. The maximum Gasteiger partial charge on any atom is 0.165 e. The van der Waals surface area contributed by atoms with E-state index < -0.39 is 0 Å². The van der Waals surface area contributed by atoms with Gasteiger partial charge in [-0.05, 0) is 37.2 Å². The normalized spacial score (nSPS) is 10.2. The Hall–Kier alpha value is -1.09. The van der Waals surface area contributed by atoms with E-state index >= 15 is 0 Å². The molecule has 1 rings (SSSR count). The third-order valence-electron chi connectivity index (χ3n) is 2.06. The molecular weight excluding hydrogens is 181 g/mol. The molecule has 1 N–H and O–H groups in total. The minimum atomic E-state index is -0.290. The fourth-order valence-electron chi connectivity index (χ4n) is 1.27. The minimum Gasteiger partial charge on any atom is -0.494 e. The molecule has 78 valence electrons. The van der Waals surface area contributed by atoms with E-state index in [9.17, 15) is 4.39 Å². The number of benzene rings is 1. The number of rotatable bonds is 5. The van der Waals surface area contributed by atoms with Gasteiger partial charge < -0.3 is 10.1 Å². The van der Waals surface area contributed by atoms with Gasteiger partial charge >= 0.3 is 0 Å². The minimum absolute atomic E-state index is 0.290. The van der Waals surface area contributed by atoms with Gasteiger partial charge in [0.15, 0.2) is 11.6 Å². The van der Waals surface area contributed by atoms with Crippen molar-refractivity contribution >= 4 is 0 Å². The van der Waals surface area contributed by atoms with Crippen LogP contribution in [0.3, 0.4) is 0 Å². The number of hydrogen-bond donors (Lipinski definition) is 1. The number of halogens is 1. The van der Waals surface area contributed by atoms with Gasteiger partial charge in [0.05, 0.1) is 7.11 Å². The summed E-state index contributed by atoms with van der Waals surface area (Å²) < 4.78 is 18.0. The van der Waals surface area contributed by atoms with Crippen molar-refractivity contribution in [2.45, 2.75) is 13.3 Å². The van der Waals surface area contributed by atoms with Crippen LogP contribution in [0, 0.1) is 5.82 Å². The van der Waals surface area contributed by atoms with Crippen LogP contribution in [-0.4, -0.2) is 20.2 Å². The summed E-state index contributed by atoms with van der Waals surface area (Å²) in [6.45, 7) is 3.87. The molecule has 0 saturated carbocycles. The first-order valence-corrected chi connectivity index (χ1v) is 4.81. The van der Waals surface area contributed by atoms with Crippen LogP contribution in [-0.2, 0) is 6.42 Å². The second kappa shape index (κ2) is 5.60. The Labute approximate surface area is 84.1 Å². The highest BCUT2D eigenvalue weighted by Gasteiger charge is 2.02. The SMILES string of the molecule is CCNCCc1ccc(OC)c(F)c1. The lowest BCUT2D eigenvalue weighted by Gasteiger charge is -2.05. The molecule has 0 unspecified atom stereocenters. The summed E-state index contributed by atoms with van der Waals surface area (Å²) in [5.41, 5.74) is 0.990. The molecule has 2 nitrogen and oxygen atoms in total. The van der Waals surface area contributed by atoms with Gasteiger partial charge in [-0.25, -0.2) is 4.39 Å². The Morgan fingerprint density at radius 3 is 2.79 bits per heavy atom. The van der Waals surface area contributed by atoms with Crippen LogP contribution in [0.4, 0.5) is 4.39 Å². The standard InChI is InChI=1S/C11H16FNO/c1-3-13-7-6-9-4-5-11(14-2)10(12)8-9/h4-5,8,13H,3,6-7H2,1-2H3. The van der Waals surface area contributed by atoms with Crippen molar-refractivity contribution in [2.24, 2.45) is 0 Å². The Balaban J connectivity index is 2.57. The molecule has 0 bridgehead atoms. The lowest BCUT2D eigenvalue weighted by Crippen LogP contribution is -2.16. The summed E-state index contributed by atoms with van der Waals surface area (Å²) in [5, 5.41) is 3.19. The van der Waals surface area contributed by atoms with Crippen LogP contribution in [0.2, 0.25) is 0 Å². The van der Waals surface area contributed by atoms with Crippen LogP contribution in [0.15, 0.2) is 18.2 Å². The highest BCUT2D eigenvalue weighted by Crippen LogP contribution is 2.17. The predicted octanol–water partition coefficient (Wildman–Crippen LogP) is 1.99. The first kappa shape index (κ1) is 11.0. The molecule has 0 spiro atoms. The average Bonchev–Trinajstić information content (AvgIpc) is 2.18. The van der Waals surface area contributed by atoms with Gasteiger partial charge in [-0.3, -0.25) is 0 Å². The van der Waals surface area contributed by atoms with E-state index in [1.54, 1.807) is 6.07 Å². The molecule has 3 heteroatoms. The van der Waals surface area contributed by atoms with Gasteiger partial charge in [-0.15, -0.1) is 0 Å². The number of hydrogen-bond acceptors (Lipinski definition) is 2. The average molecular weight is 197 g/mol. The molecule has 0 amide bonds. The van der Waals surface area contributed by atoms with E-state index in [-0.39, 0.29) is 5.82 Å². The maximum atomic E-state index is 13.2. The first-order valence-electron chi connectivity index (χ1n) is 4.81. The first-order chi connectivity index (χ1) is 6.77. The van der Waals surface area contributed by atoms with E-state index in [0.29, 0.717) is 5.75 Å². The summed E-state index contributed by atoms with van der Waals surface area (Å²) in [4.78, 5) is 0. The Morgan fingerprint density at radius 2 is 2.21 bits per heavy atom. The van der Waals surface area contributed by atoms with E-state index in [1.165, 1.54) is 13.2 Å². The van der Waals surface area contributed by atoms with Crippen LogP contribution < -0.4 is 10.1 Å². The fraction of sp³-hybridized carbons (Fsp3) is 0.455. The molecule has 0 atom stereocenters. The summed E-state index contributed by atoms with van der Waals surface area (Å²) in [6.07, 6.45) is 0.842. The lowest BCUT2D eigenvalue weighted by molar-refractivity contribution is 0.386. The second-order valence-corrected chi connectivity index (χ2v) is 3.07. The molecule has 0 aliphatic carbocycles. The summed E-state index contributed by atoms with van der Waals surface area (Å²) >= 11 is 0. The van der Waals surface area contributed by atoms with E-state index in [4.69, 9.17) is 4.74 Å². The number of ether oxygens (including phenoxy) is 1. The van der Waals surface area contributed by atoms with Crippen molar-refractivity contribution in [1.29, 1.82) is 0 Å². The third-order valence-corrected chi connectivity index (χ3v) is 2.06. The Kier molecular flexibility index (Phi) is 4.40. The summed E-state index contributed by atoms with van der Waals surface area (Å²) in [6, 6.07) is 5.08. The molecule has 1 aromatic rings. The predicted molar refractivity (Wildman–Crippen MR) is 55.2 cm³/mol. The monoisotopic (exact) mass is 197 g/mol. The lowest BCUT2D eigenvalue weighted by atomic mass is 10.1. The molecular formula is C11H16FNO. The van der Waals surface area contributed by atoms with Crippen molar-refractivity contribution in [3.8, 4) is 5.75 Å². The van der Waals surface area contributed by atoms with Crippen molar-refractivity contribution in [3.63, 3.8) is 0 Å². The topological polar surface area (TPSA) is 21.3 Å². The quantitative estimate of drug-likeness (QED) is 0.729. The van der Waals surface area contributed by atoms with Crippen molar-refractivity contribution in [3.05, 3.63) is 29.6 Å². The van der Waals surface area contributed by atoms with E-state index in [1.807, 2.05) is 6.07 Å². The van der Waals surface area contributed by atoms with Crippen molar-refractivity contribution < 1.29 is 9.13 Å². The molecule has 0 aromatic heterocycles. The van der Waals surface area contributed by atoms with Gasteiger partial charge in [0.1, 0.15) is 0 Å². The zero-order valence-electron chi connectivity index (χ0n) is 8.64. The highest BCUT2D eigenvalue weighted by molar-refractivity contribution is 5.29. The molecule has 0 radical (unpaired) electrons. The van der Waals surface area contributed by atoms with Gasteiger partial charge in [0.2, 0.25) is 0 Å². The van der Waals surface area contributed by atoms with Crippen LogP contribution >= 0.6 is 0 Å². The third kappa shape index (κ3) is 3.00. The van der Waals surface area contributed by atoms with Gasteiger partial charge in [-0.1, -0.05) is 13.0 Å². The molecule has 0 saturated heterocycles. The van der Waals surface area contributed by atoms with Gasteiger partial charge in [-0.2, -0.15) is 0 Å². The van der Waals surface area contributed by atoms with Gasteiger partial charge in [0.25, 0.3) is 0 Å². The highest BCUT2D eigenvalue weighted by atomic mass is 19.1. The number of methoxy groups -OCH3 is 1. The Bertz CT molecular complexity index is 289. The van der Waals surface area contributed by atoms with Crippen LogP contribution in [0.25, 0.3) is 0 Å². The zero-order chi connectivity index (χ0) is 10.4. The number of nitrogens with one attached hydrogen (secondary N) is 1. The van der Waals surface area contributed by atoms with Crippen molar-refractivity contribution in [1.82, 2.24) is 5.32 Å². The van der Waals surface area contributed by atoms with Crippen LogP contribution in [0.1, 0.15) is 12.5 Å². The fourth-order valence-corrected chi connectivity index (χ4v) is 1.27. The van der Waals surface area contributed by atoms with Crippen molar-refractivity contribution in [2.75, 3.05) is 20.2 Å². The molecule has 14 heavy (non-hydrogen) atoms. The van der Waals surface area contributed by atoms with Gasteiger partial charge in [0, 0.05) is 0 Å². The van der Waals surface area contributed by atoms with E-state index in [2.05, 4.69) is 12.2 Å².